The Morgan fingerprint density at radius 3 is 2.48 bits per heavy atom. The third-order valence-electron chi connectivity index (χ3n) is 3.43. The maximum Gasteiger partial charge on any atom is 0.407 e. The van der Waals surface area contributed by atoms with Gasteiger partial charge in [0.25, 0.3) is 0 Å². The Balaban J connectivity index is 1.94. The van der Waals surface area contributed by atoms with Gasteiger partial charge in [-0.25, -0.2) is 4.79 Å². The number of ether oxygens (including phenoxy) is 2. The molecule has 0 aliphatic carbocycles. The Hall–Kier alpha value is -2.75. The third kappa shape index (κ3) is 5.18. The number of rotatable bonds is 7. The molecule has 0 spiro atoms. The molecular weight excluding hydrogens is 290 g/mol. The molecule has 4 heteroatoms. The van der Waals surface area contributed by atoms with Gasteiger partial charge in [0.1, 0.15) is 12.4 Å². The van der Waals surface area contributed by atoms with E-state index in [1.165, 1.54) is 0 Å². The Labute approximate surface area is 136 Å². The minimum atomic E-state index is -0.448. The Morgan fingerprint density at radius 2 is 1.87 bits per heavy atom. The molecule has 23 heavy (non-hydrogen) atoms. The van der Waals surface area contributed by atoms with E-state index in [4.69, 9.17) is 9.47 Å². The second-order valence-corrected chi connectivity index (χ2v) is 5.06. The van der Waals surface area contributed by atoms with E-state index in [2.05, 4.69) is 11.9 Å². The predicted molar refractivity (Wildman–Crippen MR) is 90.3 cm³/mol. The van der Waals surface area contributed by atoms with E-state index < -0.39 is 6.09 Å². The molecule has 0 aliphatic heterocycles. The van der Waals surface area contributed by atoms with Gasteiger partial charge < -0.3 is 14.8 Å². The highest BCUT2D eigenvalue weighted by Gasteiger charge is 2.14. The molecule has 0 heterocycles. The average Bonchev–Trinajstić information content (AvgIpc) is 2.60. The van der Waals surface area contributed by atoms with Crippen LogP contribution in [0.3, 0.4) is 0 Å². The van der Waals surface area contributed by atoms with Crippen molar-refractivity contribution in [1.82, 2.24) is 5.32 Å². The highest BCUT2D eigenvalue weighted by Crippen LogP contribution is 2.20. The first kappa shape index (κ1) is 16.6. The van der Waals surface area contributed by atoms with Gasteiger partial charge in [0.15, 0.2) is 0 Å². The van der Waals surface area contributed by atoms with Crippen molar-refractivity contribution in [3.8, 4) is 5.75 Å². The van der Waals surface area contributed by atoms with Crippen LogP contribution in [0.4, 0.5) is 4.79 Å². The molecule has 0 fully saturated rings. The van der Waals surface area contributed by atoms with Crippen molar-refractivity contribution in [2.75, 3.05) is 7.11 Å². The van der Waals surface area contributed by atoms with Crippen molar-refractivity contribution in [2.24, 2.45) is 0 Å². The summed E-state index contributed by atoms with van der Waals surface area (Å²) in [7, 11) is 1.62. The minimum absolute atomic E-state index is 0.179. The quantitative estimate of drug-likeness (QED) is 0.778. The molecule has 2 aromatic carbocycles. The first-order valence-electron chi connectivity index (χ1n) is 7.45. The number of methoxy groups -OCH3 is 1. The molecule has 1 atom stereocenters. The average molecular weight is 311 g/mol. The van der Waals surface area contributed by atoms with E-state index in [0.29, 0.717) is 6.42 Å². The predicted octanol–water partition coefficient (Wildman–Crippen LogP) is 4.24. The van der Waals surface area contributed by atoms with Crippen molar-refractivity contribution >= 4 is 6.09 Å². The largest absolute Gasteiger partial charge is 0.497 e. The fourth-order valence-corrected chi connectivity index (χ4v) is 2.19. The van der Waals surface area contributed by atoms with Gasteiger partial charge in [0.05, 0.1) is 13.2 Å². The Morgan fingerprint density at radius 1 is 1.17 bits per heavy atom. The maximum atomic E-state index is 12.0. The zero-order valence-corrected chi connectivity index (χ0v) is 13.2. The number of benzene rings is 2. The smallest absolute Gasteiger partial charge is 0.407 e. The molecule has 1 amide bonds. The fraction of sp³-hybridized carbons (Fsp3) is 0.211. The second kappa shape index (κ2) is 8.63. The van der Waals surface area contributed by atoms with Gasteiger partial charge in [-0.2, -0.15) is 0 Å². The summed E-state index contributed by atoms with van der Waals surface area (Å²) in [5.41, 5.74) is 1.93. The highest BCUT2D eigenvalue weighted by molar-refractivity contribution is 5.68. The van der Waals surface area contributed by atoms with Gasteiger partial charge in [-0.15, -0.1) is 6.58 Å². The summed E-state index contributed by atoms with van der Waals surface area (Å²) < 4.78 is 10.4. The first-order chi connectivity index (χ1) is 11.2. The van der Waals surface area contributed by atoms with Gasteiger partial charge in [-0.05, 0) is 29.7 Å². The molecule has 0 unspecified atom stereocenters. The zero-order valence-electron chi connectivity index (χ0n) is 13.2. The van der Waals surface area contributed by atoms with Crippen LogP contribution in [0.2, 0.25) is 0 Å². The minimum Gasteiger partial charge on any atom is -0.497 e. The molecule has 2 rings (SSSR count). The van der Waals surface area contributed by atoms with Crippen LogP contribution in [0.1, 0.15) is 23.6 Å². The van der Waals surface area contributed by atoms with Crippen LogP contribution >= 0.6 is 0 Å². The van der Waals surface area contributed by atoms with Crippen LogP contribution in [0.15, 0.2) is 67.3 Å². The van der Waals surface area contributed by atoms with E-state index in [1.807, 2.05) is 54.6 Å². The molecule has 0 saturated carbocycles. The SMILES string of the molecule is C=CC[C@H](NC(=O)OCc1ccccc1)c1ccc(OC)cc1. The van der Waals surface area contributed by atoms with Gasteiger partial charge >= 0.3 is 6.09 Å². The normalized spacial score (nSPS) is 11.3. The number of carbonyl (C=O) groups is 1. The van der Waals surface area contributed by atoms with Crippen molar-refractivity contribution < 1.29 is 14.3 Å². The number of alkyl carbamates (subject to hydrolysis) is 1. The van der Waals surface area contributed by atoms with Crippen LogP contribution in [-0.2, 0) is 11.3 Å². The molecule has 2 aromatic rings. The molecule has 0 radical (unpaired) electrons. The summed E-state index contributed by atoms with van der Waals surface area (Å²) in [6, 6.07) is 17.0. The summed E-state index contributed by atoms with van der Waals surface area (Å²) in [6.07, 6.45) is 1.94. The van der Waals surface area contributed by atoms with Crippen molar-refractivity contribution in [3.05, 3.63) is 78.4 Å². The number of amides is 1. The van der Waals surface area contributed by atoms with E-state index in [9.17, 15) is 4.79 Å². The Bertz CT molecular complexity index is 623. The van der Waals surface area contributed by atoms with E-state index >= 15 is 0 Å². The molecule has 0 aliphatic rings. The van der Waals surface area contributed by atoms with E-state index in [1.54, 1.807) is 13.2 Å². The lowest BCUT2D eigenvalue weighted by atomic mass is 10.0. The lowest BCUT2D eigenvalue weighted by Crippen LogP contribution is -2.28. The number of hydrogen-bond donors (Lipinski definition) is 1. The fourth-order valence-electron chi connectivity index (χ4n) is 2.19. The highest BCUT2D eigenvalue weighted by atomic mass is 16.5. The number of carbonyl (C=O) groups excluding carboxylic acids is 1. The van der Waals surface area contributed by atoms with Crippen LogP contribution in [0.25, 0.3) is 0 Å². The summed E-state index contributed by atoms with van der Waals surface area (Å²) in [5.74, 6) is 0.776. The molecule has 0 aromatic heterocycles. The van der Waals surface area contributed by atoms with Crippen LogP contribution in [-0.4, -0.2) is 13.2 Å². The summed E-state index contributed by atoms with van der Waals surface area (Å²) in [4.78, 5) is 12.0. The number of nitrogens with one attached hydrogen (secondary N) is 1. The monoisotopic (exact) mass is 311 g/mol. The molecule has 0 saturated heterocycles. The molecule has 4 nitrogen and oxygen atoms in total. The van der Waals surface area contributed by atoms with E-state index in [-0.39, 0.29) is 12.6 Å². The maximum absolute atomic E-state index is 12.0. The summed E-state index contributed by atoms with van der Waals surface area (Å²) in [5, 5.41) is 2.87. The second-order valence-electron chi connectivity index (χ2n) is 5.06. The third-order valence-corrected chi connectivity index (χ3v) is 3.43. The lowest BCUT2D eigenvalue weighted by Gasteiger charge is -2.18. The van der Waals surface area contributed by atoms with Crippen LogP contribution < -0.4 is 10.1 Å². The van der Waals surface area contributed by atoms with E-state index in [0.717, 1.165) is 16.9 Å². The number of hydrogen-bond acceptors (Lipinski definition) is 3. The van der Waals surface area contributed by atoms with Crippen molar-refractivity contribution in [1.29, 1.82) is 0 Å². The van der Waals surface area contributed by atoms with Crippen LogP contribution in [0, 0.1) is 0 Å². The van der Waals surface area contributed by atoms with Crippen molar-refractivity contribution in [3.63, 3.8) is 0 Å². The van der Waals surface area contributed by atoms with Gasteiger partial charge in [0.2, 0.25) is 0 Å². The van der Waals surface area contributed by atoms with Gasteiger partial charge in [-0.1, -0.05) is 48.5 Å². The summed E-state index contributed by atoms with van der Waals surface area (Å²) >= 11 is 0. The molecule has 120 valence electrons. The van der Waals surface area contributed by atoms with Crippen LogP contribution in [0.5, 0.6) is 5.75 Å². The van der Waals surface area contributed by atoms with Gasteiger partial charge in [0, 0.05) is 0 Å². The molecule has 1 N–H and O–H groups in total. The van der Waals surface area contributed by atoms with Crippen molar-refractivity contribution in [2.45, 2.75) is 19.1 Å². The summed E-state index contributed by atoms with van der Waals surface area (Å²) in [6.45, 7) is 3.99. The Kier molecular flexibility index (Phi) is 6.24. The van der Waals surface area contributed by atoms with Gasteiger partial charge in [-0.3, -0.25) is 0 Å². The molecular formula is C19H21NO3. The first-order valence-corrected chi connectivity index (χ1v) is 7.45. The molecule has 0 bridgehead atoms. The topological polar surface area (TPSA) is 47.6 Å². The lowest BCUT2D eigenvalue weighted by molar-refractivity contribution is 0.135. The standard InChI is InChI=1S/C19H21NO3/c1-3-7-18(16-10-12-17(22-2)13-11-16)20-19(21)23-14-15-8-5-4-6-9-15/h3-6,8-13,18H,1,7,14H2,2H3,(H,20,21)/t18-/m0/s1. The zero-order chi connectivity index (χ0) is 16.5.